The molecule has 0 heterocycles. The summed E-state index contributed by atoms with van der Waals surface area (Å²) in [4.78, 5) is 0. The molecule has 1 aromatic carbocycles. The molecule has 2 atom stereocenters. The standard InChI is InChI=1S/C10H14O2/c1-8(11)9(2)12-10-6-4-3-5-7-10/h3-9,11H,1-2H3. The maximum absolute atomic E-state index is 9.16. The summed E-state index contributed by atoms with van der Waals surface area (Å²) in [5, 5.41) is 9.16. The van der Waals surface area contributed by atoms with Crippen LogP contribution in [0.5, 0.6) is 5.75 Å². The van der Waals surface area contributed by atoms with E-state index in [1.54, 1.807) is 6.92 Å². The molecule has 1 rings (SSSR count). The number of ether oxygens (including phenoxy) is 1. The Morgan fingerprint density at radius 1 is 1.17 bits per heavy atom. The van der Waals surface area contributed by atoms with E-state index < -0.39 is 6.10 Å². The second kappa shape index (κ2) is 4.12. The van der Waals surface area contributed by atoms with Crippen LogP contribution in [0.4, 0.5) is 0 Å². The molecule has 0 aliphatic heterocycles. The highest BCUT2D eigenvalue weighted by Crippen LogP contribution is 2.11. The van der Waals surface area contributed by atoms with Gasteiger partial charge in [-0.25, -0.2) is 0 Å². The van der Waals surface area contributed by atoms with Crippen molar-refractivity contribution >= 4 is 0 Å². The molecular formula is C10H14O2. The maximum Gasteiger partial charge on any atom is 0.121 e. The first-order valence-electron chi connectivity index (χ1n) is 4.10. The fourth-order valence-corrected chi connectivity index (χ4v) is 0.812. The molecule has 0 fully saturated rings. The zero-order valence-corrected chi connectivity index (χ0v) is 7.40. The predicted octanol–water partition coefficient (Wildman–Crippen LogP) is 1.83. The highest BCUT2D eigenvalue weighted by atomic mass is 16.5. The van der Waals surface area contributed by atoms with Crippen molar-refractivity contribution in [2.45, 2.75) is 26.1 Å². The Hall–Kier alpha value is -1.02. The van der Waals surface area contributed by atoms with Gasteiger partial charge in [0.15, 0.2) is 0 Å². The zero-order valence-electron chi connectivity index (χ0n) is 7.40. The van der Waals surface area contributed by atoms with Gasteiger partial charge in [-0.05, 0) is 26.0 Å². The Balaban J connectivity index is 2.53. The number of hydrogen-bond donors (Lipinski definition) is 1. The van der Waals surface area contributed by atoms with Crippen LogP contribution >= 0.6 is 0 Å². The Kier molecular flexibility index (Phi) is 3.11. The monoisotopic (exact) mass is 166 g/mol. The molecule has 66 valence electrons. The molecule has 0 aliphatic carbocycles. The molecule has 0 bridgehead atoms. The largest absolute Gasteiger partial charge is 0.488 e. The van der Waals surface area contributed by atoms with Gasteiger partial charge in [-0.1, -0.05) is 18.2 Å². The van der Waals surface area contributed by atoms with Crippen LogP contribution in [-0.4, -0.2) is 17.3 Å². The van der Waals surface area contributed by atoms with Gasteiger partial charge in [0.1, 0.15) is 11.9 Å². The summed E-state index contributed by atoms with van der Waals surface area (Å²) in [5.41, 5.74) is 0. The first-order valence-corrected chi connectivity index (χ1v) is 4.10. The number of rotatable bonds is 3. The van der Waals surface area contributed by atoms with Crippen molar-refractivity contribution in [2.24, 2.45) is 0 Å². The molecular weight excluding hydrogens is 152 g/mol. The van der Waals surface area contributed by atoms with Gasteiger partial charge < -0.3 is 9.84 Å². The van der Waals surface area contributed by atoms with Crippen molar-refractivity contribution in [3.05, 3.63) is 30.3 Å². The van der Waals surface area contributed by atoms with Crippen molar-refractivity contribution in [3.8, 4) is 5.75 Å². The van der Waals surface area contributed by atoms with Gasteiger partial charge in [-0.3, -0.25) is 0 Å². The van der Waals surface area contributed by atoms with E-state index in [1.165, 1.54) is 0 Å². The summed E-state index contributed by atoms with van der Waals surface area (Å²) in [6.07, 6.45) is -0.599. The molecule has 0 radical (unpaired) electrons. The summed E-state index contributed by atoms with van der Waals surface area (Å²) in [6, 6.07) is 9.49. The molecule has 0 saturated heterocycles. The fraction of sp³-hybridized carbons (Fsp3) is 0.400. The van der Waals surface area contributed by atoms with E-state index in [2.05, 4.69) is 0 Å². The van der Waals surface area contributed by atoms with Crippen LogP contribution in [0.15, 0.2) is 30.3 Å². The lowest BCUT2D eigenvalue weighted by Gasteiger charge is -2.16. The smallest absolute Gasteiger partial charge is 0.121 e. The normalized spacial score (nSPS) is 15.2. The van der Waals surface area contributed by atoms with Crippen LogP contribution < -0.4 is 4.74 Å². The molecule has 2 unspecified atom stereocenters. The topological polar surface area (TPSA) is 29.5 Å². The van der Waals surface area contributed by atoms with E-state index in [0.29, 0.717) is 0 Å². The van der Waals surface area contributed by atoms with Crippen LogP contribution in [0.3, 0.4) is 0 Å². The third-order valence-corrected chi connectivity index (χ3v) is 1.74. The highest BCUT2D eigenvalue weighted by molar-refractivity contribution is 5.21. The first kappa shape index (κ1) is 9.07. The van der Waals surface area contributed by atoms with Crippen LogP contribution in [-0.2, 0) is 0 Å². The summed E-state index contributed by atoms with van der Waals surface area (Å²) in [5.74, 6) is 0.797. The SMILES string of the molecule is CC(O)C(C)Oc1ccccc1. The highest BCUT2D eigenvalue weighted by Gasteiger charge is 2.09. The van der Waals surface area contributed by atoms with Crippen molar-refractivity contribution in [1.29, 1.82) is 0 Å². The van der Waals surface area contributed by atoms with E-state index >= 15 is 0 Å². The Morgan fingerprint density at radius 2 is 1.75 bits per heavy atom. The number of para-hydroxylation sites is 1. The van der Waals surface area contributed by atoms with Crippen LogP contribution in [0.1, 0.15) is 13.8 Å². The number of benzene rings is 1. The molecule has 1 aromatic rings. The third kappa shape index (κ3) is 2.55. The van der Waals surface area contributed by atoms with Gasteiger partial charge >= 0.3 is 0 Å². The van der Waals surface area contributed by atoms with Crippen LogP contribution in [0.25, 0.3) is 0 Å². The molecule has 0 amide bonds. The van der Waals surface area contributed by atoms with Gasteiger partial charge in [-0.15, -0.1) is 0 Å². The van der Waals surface area contributed by atoms with E-state index in [9.17, 15) is 0 Å². The minimum atomic E-state index is -0.440. The molecule has 0 spiro atoms. The third-order valence-electron chi connectivity index (χ3n) is 1.74. The lowest BCUT2D eigenvalue weighted by atomic mass is 10.2. The summed E-state index contributed by atoms with van der Waals surface area (Å²) in [6.45, 7) is 3.56. The van der Waals surface area contributed by atoms with Gasteiger partial charge in [0.05, 0.1) is 6.10 Å². The fourth-order valence-electron chi connectivity index (χ4n) is 0.812. The number of aliphatic hydroxyl groups excluding tert-OH is 1. The summed E-state index contributed by atoms with van der Waals surface area (Å²) in [7, 11) is 0. The molecule has 1 N–H and O–H groups in total. The van der Waals surface area contributed by atoms with E-state index in [1.807, 2.05) is 37.3 Å². The predicted molar refractivity (Wildman–Crippen MR) is 48.2 cm³/mol. The molecule has 2 heteroatoms. The molecule has 12 heavy (non-hydrogen) atoms. The van der Waals surface area contributed by atoms with Gasteiger partial charge in [0.25, 0.3) is 0 Å². The van der Waals surface area contributed by atoms with Crippen molar-refractivity contribution < 1.29 is 9.84 Å². The van der Waals surface area contributed by atoms with E-state index in [4.69, 9.17) is 9.84 Å². The van der Waals surface area contributed by atoms with Crippen LogP contribution in [0, 0.1) is 0 Å². The summed E-state index contributed by atoms with van der Waals surface area (Å²) >= 11 is 0. The molecule has 0 aromatic heterocycles. The van der Waals surface area contributed by atoms with Crippen molar-refractivity contribution in [2.75, 3.05) is 0 Å². The molecule has 0 saturated carbocycles. The van der Waals surface area contributed by atoms with E-state index in [-0.39, 0.29) is 6.10 Å². The minimum absolute atomic E-state index is 0.160. The second-order valence-electron chi connectivity index (χ2n) is 2.88. The number of aliphatic hydroxyl groups is 1. The molecule has 0 aliphatic rings. The van der Waals surface area contributed by atoms with Gasteiger partial charge in [0, 0.05) is 0 Å². The lowest BCUT2D eigenvalue weighted by molar-refractivity contribution is 0.0604. The Morgan fingerprint density at radius 3 is 2.25 bits per heavy atom. The van der Waals surface area contributed by atoms with Crippen molar-refractivity contribution in [3.63, 3.8) is 0 Å². The van der Waals surface area contributed by atoms with E-state index in [0.717, 1.165) is 5.75 Å². The van der Waals surface area contributed by atoms with Gasteiger partial charge in [0.2, 0.25) is 0 Å². The Bertz CT molecular complexity index is 219. The van der Waals surface area contributed by atoms with Crippen molar-refractivity contribution in [1.82, 2.24) is 0 Å². The zero-order chi connectivity index (χ0) is 8.97. The number of hydrogen-bond acceptors (Lipinski definition) is 2. The summed E-state index contributed by atoms with van der Waals surface area (Å²) < 4.78 is 5.43. The lowest BCUT2D eigenvalue weighted by Crippen LogP contribution is -2.25. The van der Waals surface area contributed by atoms with Gasteiger partial charge in [-0.2, -0.15) is 0 Å². The quantitative estimate of drug-likeness (QED) is 0.742. The Labute approximate surface area is 72.8 Å². The van der Waals surface area contributed by atoms with Crippen LogP contribution in [0.2, 0.25) is 0 Å². The second-order valence-corrected chi connectivity index (χ2v) is 2.88. The minimum Gasteiger partial charge on any atom is -0.488 e. The average molecular weight is 166 g/mol. The first-order chi connectivity index (χ1) is 5.70. The molecule has 2 nitrogen and oxygen atoms in total. The average Bonchev–Trinajstić information content (AvgIpc) is 2.06. The maximum atomic E-state index is 9.16.